The SMILES string of the molecule is Clc1nccnc1NCc1cocn1. The van der Waals surface area contributed by atoms with Crippen LogP contribution in [0, 0.1) is 0 Å². The lowest BCUT2D eigenvalue weighted by Crippen LogP contribution is -2.02. The molecule has 0 aliphatic heterocycles. The molecule has 72 valence electrons. The van der Waals surface area contributed by atoms with Crippen LogP contribution >= 0.6 is 11.6 Å². The largest absolute Gasteiger partial charge is 0.451 e. The van der Waals surface area contributed by atoms with Crippen LogP contribution in [0.5, 0.6) is 0 Å². The van der Waals surface area contributed by atoms with Crippen LogP contribution in [0.3, 0.4) is 0 Å². The maximum Gasteiger partial charge on any atom is 0.180 e. The molecule has 0 bridgehead atoms. The maximum atomic E-state index is 5.78. The van der Waals surface area contributed by atoms with Gasteiger partial charge in [0.15, 0.2) is 17.4 Å². The Morgan fingerprint density at radius 1 is 1.29 bits per heavy atom. The monoisotopic (exact) mass is 210 g/mol. The molecule has 1 N–H and O–H groups in total. The summed E-state index contributed by atoms with van der Waals surface area (Å²) in [6.07, 6.45) is 6.02. The van der Waals surface area contributed by atoms with Crippen LogP contribution in [-0.4, -0.2) is 15.0 Å². The van der Waals surface area contributed by atoms with Crippen molar-refractivity contribution in [3.05, 3.63) is 35.9 Å². The van der Waals surface area contributed by atoms with Crippen molar-refractivity contribution in [2.45, 2.75) is 6.54 Å². The average molecular weight is 211 g/mol. The van der Waals surface area contributed by atoms with Gasteiger partial charge in [-0.05, 0) is 0 Å². The third-order valence-corrected chi connectivity index (χ3v) is 1.85. The third kappa shape index (κ3) is 2.00. The molecular weight excluding hydrogens is 204 g/mol. The fourth-order valence-corrected chi connectivity index (χ4v) is 1.11. The molecule has 0 saturated carbocycles. The summed E-state index contributed by atoms with van der Waals surface area (Å²) in [6.45, 7) is 0.509. The number of nitrogens with one attached hydrogen (secondary N) is 1. The van der Waals surface area contributed by atoms with Gasteiger partial charge in [-0.1, -0.05) is 11.6 Å². The highest BCUT2D eigenvalue weighted by molar-refractivity contribution is 6.31. The summed E-state index contributed by atoms with van der Waals surface area (Å²) in [5.74, 6) is 0.539. The van der Waals surface area contributed by atoms with E-state index in [1.165, 1.54) is 12.6 Å². The van der Waals surface area contributed by atoms with Crippen LogP contribution in [0.4, 0.5) is 5.82 Å². The highest BCUT2D eigenvalue weighted by Gasteiger charge is 2.02. The number of hydrogen-bond acceptors (Lipinski definition) is 5. The highest BCUT2D eigenvalue weighted by atomic mass is 35.5. The van der Waals surface area contributed by atoms with E-state index in [1.54, 1.807) is 12.5 Å². The molecule has 6 heteroatoms. The van der Waals surface area contributed by atoms with Gasteiger partial charge < -0.3 is 9.73 Å². The summed E-state index contributed by atoms with van der Waals surface area (Å²) in [5, 5.41) is 3.33. The Balaban J connectivity index is 2.02. The highest BCUT2D eigenvalue weighted by Crippen LogP contribution is 2.14. The van der Waals surface area contributed by atoms with Crippen molar-refractivity contribution >= 4 is 17.4 Å². The molecule has 14 heavy (non-hydrogen) atoms. The zero-order valence-electron chi connectivity index (χ0n) is 7.14. The first kappa shape index (κ1) is 8.96. The molecule has 2 heterocycles. The van der Waals surface area contributed by atoms with Gasteiger partial charge in [0, 0.05) is 12.4 Å². The molecule has 5 nitrogen and oxygen atoms in total. The zero-order valence-corrected chi connectivity index (χ0v) is 7.90. The lowest BCUT2D eigenvalue weighted by molar-refractivity contribution is 0.556. The molecule has 0 saturated heterocycles. The summed E-state index contributed by atoms with van der Waals surface area (Å²) in [7, 11) is 0. The fourth-order valence-electron chi connectivity index (χ4n) is 0.939. The van der Waals surface area contributed by atoms with E-state index >= 15 is 0 Å². The molecule has 0 amide bonds. The summed E-state index contributed by atoms with van der Waals surface area (Å²) in [6, 6.07) is 0. The van der Waals surface area contributed by atoms with Gasteiger partial charge in [0.05, 0.1) is 12.2 Å². The van der Waals surface area contributed by atoms with Gasteiger partial charge in [-0.15, -0.1) is 0 Å². The van der Waals surface area contributed by atoms with Gasteiger partial charge in [0.25, 0.3) is 0 Å². The van der Waals surface area contributed by atoms with Crippen LogP contribution in [0.2, 0.25) is 5.15 Å². The molecule has 0 radical (unpaired) electrons. The van der Waals surface area contributed by atoms with Crippen LogP contribution in [0.15, 0.2) is 29.5 Å². The molecule has 0 unspecified atom stereocenters. The number of hydrogen-bond donors (Lipinski definition) is 1. The van der Waals surface area contributed by atoms with Crippen molar-refractivity contribution in [1.82, 2.24) is 15.0 Å². The summed E-state index contributed by atoms with van der Waals surface area (Å²) >= 11 is 5.78. The summed E-state index contributed by atoms with van der Waals surface area (Å²) in [5.41, 5.74) is 0.784. The first-order valence-electron chi connectivity index (χ1n) is 3.93. The van der Waals surface area contributed by atoms with E-state index in [2.05, 4.69) is 20.3 Å². The predicted octanol–water partition coefficient (Wildman–Crippen LogP) is 1.73. The van der Waals surface area contributed by atoms with E-state index in [9.17, 15) is 0 Å². The smallest absolute Gasteiger partial charge is 0.180 e. The van der Waals surface area contributed by atoms with Gasteiger partial charge >= 0.3 is 0 Å². The van der Waals surface area contributed by atoms with E-state index < -0.39 is 0 Å². The van der Waals surface area contributed by atoms with Gasteiger partial charge in [-0.3, -0.25) is 0 Å². The standard InChI is InChI=1S/C8H7ClN4O/c9-7-8(11-2-1-10-7)12-3-6-4-14-5-13-6/h1-2,4-5H,3H2,(H,11,12). The van der Waals surface area contributed by atoms with E-state index in [0.29, 0.717) is 17.5 Å². The Labute approximate surface area is 85.2 Å². The number of anilines is 1. The van der Waals surface area contributed by atoms with E-state index in [4.69, 9.17) is 16.0 Å². The quantitative estimate of drug-likeness (QED) is 0.836. The Hall–Kier alpha value is -1.62. The number of aromatic nitrogens is 3. The first-order chi connectivity index (χ1) is 6.86. The molecule has 0 fully saturated rings. The molecule has 0 spiro atoms. The van der Waals surface area contributed by atoms with Gasteiger partial charge in [0.2, 0.25) is 0 Å². The third-order valence-electron chi connectivity index (χ3n) is 1.57. The molecule has 0 atom stereocenters. The second-order valence-corrected chi connectivity index (χ2v) is 2.89. The minimum Gasteiger partial charge on any atom is -0.451 e. The second kappa shape index (κ2) is 4.06. The zero-order chi connectivity index (χ0) is 9.80. The number of oxazole rings is 1. The molecule has 0 aliphatic carbocycles. The van der Waals surface area contributed by atoms with Gasteiger partial charge in [0.1, 0.15) is 6.26 Å². The molecule has 2 aromatic rings. The lowest BCUT2D eigenvalue weighted by atomic mass is 10.5. The van der Waals surface area contributed by atoms with Gasteiger partial charge in [-0.2, -0.15) is 0 Å². The van der Waals surface area contributed by atoms with E-state index in [0.717, 1.165) is 5.69 Å². The lowest BCUT2D eigenvalue weighted by Gasteiger charge is -2.02. The molecule has 2 rings (SSSR count). The number of nitrogens with zero attached hydrogens (tertiary/aromatic N) is 3. The van der Waals surface area contributed by atoms with E-state index in [-0.39, 0.29) is 0 Å². The Kier molecular flexibility index (Phi) is 2.60. The normalized spacial score (nSPS) is 10.1. The minimum atomic E-state index is 0.344. The number of halogens is 1. The van der Waals surface area contributed by atoms with Crippen LogP contribution in [0.25, 0.3) is 0 Å². The fraction of sp³-hybridized carbons (Fsp3) is 0.125. The van der Waals surface area contributed by atoms with Crippen molar-refractivity contribution < 1.29 is 4.42 Å². The van der Waals surface area contributed by atoms with Crippen molar-refractivity contribution in [3.63, 3.8) is 0 Å². The predicted molar refractivity (Wildman–Crippen MR) is 50.9 cm³/mol. The van der Waals surface area contributed by atoms with Crippen molar-refractivity contribution in [3.8, 4) is 0 Å². The molecule has 0 aliphatic rings. The molecular formula is C8H7ClN4O. The number of rotatable bonds is 3. The van der Waals surface area contributed by atoms with Crippen LogP contribution in [-0.2, 0) is 6.54 Å². The average Bonchev–Trinajstić information content (AvgIpc) is 2.69. The Morgan fingerprint density at radius 2 is 2.14 bits per heavy atom. The maximum absolute atomic E-state index is 5.78. The van der Waals surface area contributed by atoms with Gasteiger partial charge in [-0.25, -0.2) is 15.0 Å². The summed E-state index contributed by atoms with van der Waals surface area (Å²) < 4.78 is 4.81. The van der Waals surface area contributed by atoms with E-state index in [1.807, 2.05) is 0 Å². The minimum absolute atomic E-state index is 0.344. The van der Waals surface area contributed by atoms with Crippen molar-refractivity contribution in [2.24, 2.45) is 0 Å². The Bertz CT molecular complexity index is 403. The van der Waals surface area contributed by atoms with Crippen LogP contribution < -0.4 is 5.32 Å². The van der Waals surface area contributed by atoms with Crippen molar-refractivity contribution in [2.75, 3.05) is 5.32 Å². The molecule has 0 aromatic carbocycles. The summed E-state index contributed by atoms with van der Waals surface area (Å²) in [4.78, 5) is 11.8. The first-order valence-corrected chi connectivity index (χ1v) is 4.31. The Morgan fingerprint density at radius 3 is 2.86 bits per heavy atom. The molecule has 2 aromatic heterocycles. The van der Waals surface area contributed by atoms with Crippen LogP contribution in [0.1, 0.15) is 5.69 Å². The second-order valence-electron chi connectivity index (χ2n) is 2.53. The topological polar surface area (TPSA) is 63.8 Å². The van der Waals surface area contributed by atoms with Crippen molar-refractivity contribution in [1.29, 1.82) is 0 Å².